The second-order valence-electron chi connectivity index (χ2n) is 4.76. The summed E-state index contributed by atoms with van der Waals surface area (Å²) in [6.45, 7) is 4.63. The van der Waals surface area contributed by atoms with E-state index in [0.717, 1.165) is 5.56 Å². The lowest BCUT2D eigenvalue weighted by atomic mass is 10.1. The van der Waals surface area contributed by atoms with Crippen LogP contribution in [0.25, 0.3) is 0 Å². The van der Waals surface area contributed by atoms with Crippen molar-refractivity contribution >= 4 is 17.4 Å². The van der Waals surface area contributed by atoms with Gasteiger partial charge in [0.15, 0.2) is 0 Å². The Labute approximate surface area is 107 Å². The predicted molar refractivity (Wildman–Crippen MR) is 69.4 cm³/mol. The third-order valence-electron chi connectivity index (χ3n) is 2.24. The summed E-state index contributed by atoms with van der Waals surface area (Å²) in [7, 11) is 3.84. The molecule has 1 atom stereocenters. The van der Waals surface area contributed by atoms with E-state index in [1.165, 1.54) is 0 Å². The maximum Gasteiger partial charge on any atom is 0.224 e. The molecule has 2 N–H and O–H groups in total. The molecule has 0 aromatic carbocycles. The SMILES string of the molecule is Cc1cnc(Cl)nc1NCC(C)(O)CN(C)C. The number of aryl methyl sites for hydroxylation is 1. The molecule has 0 aliphatic carbocycles. The van der Waals surface area contributed by atoms with Crippen molar-refractivity contribution < 1.29 is 5.11 Å². The molecule has 1 aromatic rings. The molecule has 17 heavy (non-hydrogen) atoms. The third kappa shape index (κ3) is 4.85. The minimum Gasteiger partial charge on any atom is -0.387 e. The Morgan fingerprint density at radius 2 is 2.18 bits per heavy atom. The second-order valence-corrected chi connectivity index (χ2v) is 5.10. The lowest BCUT2D eigenvalue weighted by molar-refractivity contribution is 0.0459. The number of aromatic nitrogens is 2. The quantitative estimate of drug-likeness (QED) is 0.777. The zero-order chi connectivity index (χ0) is 13.1. The summed E-state index contributed by atoms with van der Waals surface area (Å²) in [5.41, 5.74) is 0.0722. The number of aliphatic hydroxyl groups is 1. The van der Waals surface area contributed by atoms with E-state index >= 15 is 0 Å². The minimum absolute atomic E-state index is 0.199. The van der Waals surface area contributed by atoms with Gasteiger partial charge in [-0.1, -0.05) is 0 Å². The van der Waals surface area contributed by atoms with Gasteiger partial charge in [-0.3, -0.25) is 0 Å². The van der Waals surface area contributed by atoms with E-state index in [4.69, 9.17) is 11.6 Å². The summed E-state index contributed by atoms with van der Waals surface area (Å²) in [5.74, 6) is 0.657. The van der Waals surface area contributed by atoms with Crippen LogP contribution in [0.5, 0.6) is 0 Å². The van der Waals surface area contributed by atoms with Gasteiger partial charge in [0.1, 0.15) is 5.82 Å². The number of nitrogens with zero attached hydrogens (tertiary/aromatic N) is 3. The zero-order valence-electron chi connectivity index (χ0n) is 10.7. The zero-order valence-corrected chi connectivity index (χ0v) is 11.4. The van der Waals surface area contributed by atoms with Crippen molar-refractivity contribution in [1.82, 2.24) is 14.9 Å². The first kappa shape index (κ1) is 14.2. The monoisotopic (exact) mass is 258 g/mol. The number of hydrogen-bond donors (Lipinski definition) is 2. The highest BCUT2D eigenvalue weighted by atomic mass is 35.5. The van der Waals surface area contributed by atoms with Gasteiger partial charge < -0.3 is 15.3 Å². The lowest BCUT2D eigenvalue weighted by Gasteiger charge is -2.27. The minimum atomic E-state index is -0.826. The van der Waals surface area contributed by atoms with E-state index in [1.54, 1.807) is 13.1 Å². The summed E-state index contributed by atoms with van der Waals surface area (Å²) in [6.07, 6.45) is 1.65. The highest BCUT2D eigenvalue weighted by molar-refractivity contribution is 6.28. The number of hydrogen-bond acceptors (Lipinski definition) is 5. The molecule has 0 amide bonds. The van der Waals surface area contributed by atoms with Gasteiger partial charge in [0.2, 0.25) is 5.28 Å². The van der Waals surface area contributed by atoms with Crippen LogP contribution in [0.3, 0.4) is 0 Å². The first-order chi connectivity index (χ1) is 7.80. The largest absolute Gasteiger partial charge is 0.387 e. The molecule has 0 saturated heterocycles. The Kier molecular flexibility index (Phi) is 4.68. The summed E-state index contributed by atoms with van der Waals surface area (Å²) in [6, 6.07) is 0. The van der Waals surface area contributed by atoms with E-state index in [1.807, 2.05) is 25.9 Å². The molecule has 5 nitrogen and oxygen atoms in total. The molecule has 0 radical (unpaired) electrons. The molecule has 1 aromatic heterocycles. The van der Waals surface area contributed by atoms with Gasteiger partial charge in [-0.15, -0.1) is 0 Å². The van der Waals surface area contributed by atoms with Crippen molar-refractivity contribution in [3.8, 4) is 0 Å². The molecule has 6 heteroatoms. The summed E-state index contributed by atoms with van der Waals surface area (Å²) in [5, 5.41) is 13.4. The van der Waals surface area contributed by atoms with Crippen molar-refractivity contribution in [3.05, 3.63) is 17.0 Å². The Morgan fingerprint density at radius 3 is 2.76 bits per heavy atom. The Hall–Kier alpha value is -0.910. The molecular weight excluding hydrogens is 240 g/mol. The maximum atomic E-state index is 10.1. The molecule has 0 fully saturated rings. The highest BCUT2D eigenvalue weighted by Crippen LogP contribution is 2.14. The number of halogens is 1. The molecular formula is C11H19ClN4O. The topological polar surface area (TPSA) is 61.3 Å². The van der Waals surface area contributed by atoms with Crippen molar-refractivity contribution in [2.75, 3.05) is 32.5 Å². The van der Waals surface area contributed by atoms with Crippen LogP contribution in [0.2, 0.25) is 5.28 Å². The van der Waals surface area contributed by atoms with Crippen LogP contribution in [0.15, 0.2) is 6.20 Å². The predicted octanol–water partition coefficient (Wildman–Crippen LogP) is 1.16. The Bertz CT molecular complexity index is 382. The second kappa shape index (κ2) is 5.62. The van der Waals surface area contributed by atoms with E-state index in [2.05, 4.69) is 15.3 Å². The van der Waals surface area contributed by atoms with Crippen LogP contribution in [0, 0.1) is 6.92 Å². The van der Waals surface area contributed by atoms with Crippen molar-refractivity contribution in [3.63, 3.8) is 0 Å². The maximum absolute atomic E-state index is 10.1. The lowest BCUT2D eigenvalue weighted by Crippen LogP contribution is -2.43. The third-order valence-corrected chi connectivity index (χ3v) is 2.42. The first-order valence-electron chi connectivity index (χ1n) is 5.40. The smallest absolute Gasteiger partial charge is 0.224 e. The molecule has 0 bridgehead atoms. The van der Waals surface area contributed by atoms with Crippen LogP contribution < -0.4 is 5.32 Å². The van der Waals surface area contributed by atoms with Gasteiger partial charge >= 0.3 is 0 Å². The standard InChI is InChI=1S/C11H19ClN4O/c1-8-5-13-10(12)15-9(8)14-6-11(2,17)7-16(3)4/h5,17H,6-7H2,1-4H3,(H,13,14,15). The molecule has 0 aliphatic heterocycles. The van der Waals surface area contributed by atoms with E-state index < -0.39 is 5.60 Å². The molecule has 1 heterocycles. The Balaban J connectivity index is 2.63. The van der Waals surface area contributed by atoms with E-state index in [-0.39, 0.29) is 5.28 Å². The number of rotatable bonds is 5. The van der Waals surface area contributed by atoms with Crippen LogP contribution in [-0.4, -0.2) is 52.8 Å². The van der Waals surface area contributed by atoms with Gasteiger partial charge in [-0.05, 0) is 39.5 Å². The summed E-state index contributed by atoms with van der Waals surface area (Å²) < 4.78 is 0. The summed E-state index contributed by atoms with van der Waals surface area (Å²) >= 11 is 5.72. The average molecular weight is 259 g/mol. The van der Waals surface area contributed by atoms with Crippen molar-refractivity contribution in [1.29, 1.82) is 0 Å². The molecule has 0 aliphatic rings. The fourth-order valence-corrected chi connectivity index (χ4v) is 1.74. The van der Waals surface area contributed by atoms with Crippen LogP contribution in [0.4, 0.5) is 5.82 Å². The first-order valence-corrected chi connectivity index (χ1v) is 5.78. The van der Waals surface area contributed by atoms with Crippen LogP contribution >= 0.6 is 11.6 Å². The molecule has 1 unspecified atom stereocenters. The highest BCUT2D eigenvalue weighted by Gasteiger charge is 2.21. The molecule has 96 valence electrons. The van der Waals surface area contributed by atoms with E-state index in [9.17, 15) is 5.11 Å². The van der Waals surface area contributed by atoms with E-state index in [0.29, 0.717) is 18.9 Å². The normalized spacial score (nSPS) is 14.8. The van der Waals surface area contributed by atoms with Crippen molar-refractivity contribution in [2.45, 2.75) is 19.4 Å². The summed E-state index contributed by atoms with van der Waals surface area (Å²) in [4.78, 5) is 9.88. The van der Waals surface area contributed by atoms with Crippen LogP contribution in [0.1, 0.15) is 12.5 Å². The number of nitrogens with one attached hydrogen (secondary N) is 1. The Morgan fingerprint density at radius 1 is 1.53 bits per heavy atom. The average Bonchev–Trinajstić information content (AvgIpc) is 2.17. The molecule has 0 spiro atoms. The fourth-order valence-electron chi connectivity index (χ4n) is 1.61. The van der Waals surface area contributed by atoms with Crippen molar-refractivity contribution in [2.24, 2.45) is 0 Å². The van der Waals surface area contributed by atoms with Gasteiger partial charge in [0.05, 0.1) is 5.60 Å². The van der Waals surface area contributed by atoms with Gasteiger partial charge in [0.25, 0.3) is 0 Å². The van der Waals surface area contributed by atoms with Gasteiger partial charge in [-0.25, -0.2) is 9.97 Å². The fraction of sp³-hybridized carbons (Fsp3) is 0.636. The van der Waals surface area contributed by atoms with Crippen LogP contribution in [-0.2, 0) is 0 Å². The van der Waals surface area contributed by atoms with Gasteiger partial charge in [0, 0.05) is 24.8 Å². The number of likely N-dealkylation sites (N-methyl/N-ethyl adjacent to an activating group) is 1. The molecule has 0 saturated carbocycles. The molecule has 1 rings (SSSR count). The number of anilines is 1. The van der Waals surface area contributed by atoms with Gasteiger partial charge in [-0.2, -0.15) is 0 Å².